The highest BCUT2D eigenvalue weighted by atomic mass is 15.6. The molecule has 1 aromatic rings. The molecule has 5 nitrogen and oxygen atoms in total. The van der Waals surface area contributed by atoms with Crippen LogP contribution in [0.1, 0.15) is 58.8 Å². The Hall–Kier alpha value is -0.970. The van der Waals surface area contributed by atoms with Gasteiger partial charge in [0.2, 0.25) is 0 Å². The Morgan fingerprint density at radius 2 is 1.89 bits per heavy atom. The van der Waals surface area contributed by atoms with Gasteiger partial charge in [0.1, 0.15) is 0 Å². The Morgan fingerprint density at radius 3 is 2.50 bits per heavy atom. The number of nitrogens with one attached hydrogen (secondary N) is 1. The van der Waals surface area contributed by atoms with Crippen LogP contribution in [0.15, 0.2) is 0 Å². The largest absolute Gasteiger partial charge is 0.308 e. The summed E-state index contributed by atoms with van der Waals surface area (Å²) in [6, 6.07) is 0.932. The summed E-state index contributed by atoms with van der Waals surface area (Å²) in [6.07, 6.45) is 3.73. The summed E-state index contributed by atoms with van der Waals surface area (Å²) in [5, 5.41) is 15.6. The molecule has 0 spiro atoms. The maximum Gasteiger partial charge on any atom is 0.165 e. The third-order valence-corrected chi connectivity index (χ3v) is 3.73. The fourth-order valence-corrected chi connectivity index (χ4v) is 3.01. The van der Waals surface area contributed by atoms with E-state index in [0.717, 1.165) is 24.2 Å². The summed E-state index contributed by atoms with van der Waals surface area (Å²) < 4.78 is 2.04. The number of hydrogen-bond donors (Lipinski definition) is 1. The van der Waals surface area contributed by atoms with Crippen LogP contribution in [0.4, 0.5) is 0 Å². The first-order valence-corrected chi connectivity index (χ1v) is 7.06. The quantitative estimate of drug-likeness (QED) is 0.891. The van der Waals surface area contributed by atoms with Crippen molar-refractivity contribution < 1.29 is 0 Å². The SMILES string of the molecule is CC1CC(C)CC(n2nnnc2CNC(C)C)C1. The van der Waals surface area contributed by atoms with Crippen LogP contribution in [0.25, 0.3) is 0 Å². The number of aromatic nitrogens is 4. The Kier molecular flexibility index (Phi) is 4.32. The predicted octanol–water partition coefficient (Wildman–Crippen LogP) is 2.17. The Balaban J connectivity index is 2.05. The van der Waals surface area contributed by atoms with E-state index < -0.39 is 0 Å². The van der Waals surface area contributed by atoms with Gasteiger partial charge in [0.05, 0.1) is 12.6 Å². The molecule has 1 N–H and O–H groups in total. The lowest BCUT2D eigenvalue weighted by Gasteiger charge is -2.31. The van der Waals surface area contributed by atoms with E-state index in [1.807, 2.05) is 4.68 Å². The first-order valence-electron chi connectivity index (χ1n) is 7.06. The lowest BCUT2D eigenvalue weighted by atomic mass is 9.80. The van der Waals surface area contributed by atoms with E-state index in [-0.39, 0.29) is 0 Å². The molecule has 5 heteroatoms. The lowest BCUT2D eigenvalue weighted by Crippen LogP contribution is -2.28. The number of tetrazole rings is 1. The number of rotatable bonds is 4. The molecule has 1 aliphatic rings. The molecule has 2 rings (SSSR count). The van der Waals surface area contributed by atoms with E-state index in [0.29, 0.717) is 12.1 Å². The van der Waals surface area contributed by atoms with Crippen molar-refractivity contribution in [2.45, 2.75) is 65.6 Å². The number of hydrogen-bond acceptors (Lipinski definition) is 4. The molecule has 0 radical (unpaired) electrons. The maximum atomic E-state index is 4.20. The van der Waals surface area contributed by atoms with Crippen LogP contribution in [0.3, 0.4) is 0 Å². The van der Waals surface area contributed by atoms with Crippen LogP contribution < -0.4 is 5.32 Å². The standard InChI is InChI=1S/C13H25N5/c1-9(2)14-8-13-15-16-17-18(13)12-6-10(3)5-11(4)7-12/h9-12,14H,5-8H2,1-4H3. The average molecular weight is 251 g/mol. The Labute approximate surface area is 109 Å². The summed E-state index contributed by atoms with van der Waals surface area (Å²) >= 11 is 0. The highest BCUT2D eigenvalue weighted by Crippen LogP contribution is 2.35. The molecule has 0 amide bonds. The fraction of sp³-hybridized carbons (Fsp3) is 0.923. The van der Waals surface area contributed by atoms with Crippen molar-refractivity contribution in [2.24, 2.45) is 11.8 Å². The normalized spacial score (nSPS) is 28.8. The maximum absolute atomic E-state index is 4.20. The summed E-state index contributed by atoms with van der Waals surface area (Å²) in [5.41, 5.74) is 0. The minimum Gasteiger partial charge on any atom is -0.308 e. The van der Waals surface area contributed by atoms with Gasteiger partial charge in [0.25, 0.3) is 0 Å². The third kappa shape index (κ3) is 3.28. The molecule has 1 saturated carbocycles. The molecular formula is C13H25N5. The van der Waals surface area contributed by atoms with Crippen LogP contribution in [0.2, 0.25) is 0 Å². The second kappa shape index (κ2) is 5.78. The first kappa shape index (κ1) is 13.5. The Bertz CT molecular complexity index is 363. The van der Waals surface area contributed by atoms with E-state index in [2.05, 4.69) is 48.5 Å². The van der Waals surface area contributed by atoms with Crippen LogP contribution in [-0.4, -0.2) is 26.2 Å². The molecule has 2 unspecified atom stereocenters. The van der Waals surface area contributed by atoms with Crippen molar-refractivity contribution in [3.8, 4) is 0 Å². The van der Waals surface area contributed by atoms with Crippen LogP contribution >= 0.6 is 0 Å². The monoisotopic (exact) mass is 251 g/mol. The van der Waals surface area contributed by atoms with Gasteiger partial charge in [0.15, 0.2) is 5.82 Å². The van der Waals surface area contributed by atoms with Gasteiger partial charge in [-0.2, -0.15) is 0 Å². The molecule has 0 aromatic carbocycles. The van der Waals surface area contributed by atoms with Gasteiger partial charge < -0.3 is 5.32 Å². The molecule has 1 fully saturated rings. The second-order valence-electron chi connectivity index (χ2n) is 6.15. The molecule has 1 aromatic heterocycles. The summed E-state index contributed by atoms with van der Waals surface area (Å²) in [5.74, 6) is 2.51. The van der Waals surface area contributed by atoms with Crippen LogP contribution in [-0.2, 0) is 6.54 Å². The van der Waals surface area contributed by atoms with E-state index >= 15 is 0 Å². The van der Waals surface area contributed by atoms with Crippen molar-refractivity contribution in [1.82, 2.24) is 25.5 Å². The zero-order chi connectivity index (χ0) is 13.1. The molecule has 0 bridgehead atoms. The van der Waals surface area contributed by atoms with Crippen molar-refractivity contribution in [2.75, 3.05) is 0 Å². The molecule has 1 heterocycles. The minimum absolute atomic E-state index is 0.458. The Morgan fingerprint density at radius 1 is 1.22 bits per heavy atom. The van der Waals surface area contributed by atoms with Crippen molar-refractivity contribution in [3.63, 3.8) is 0 Å². The number of nitrogens with zero attached hydrogens (tertiary/aromatic N) is 4. The smallest absolute Gasteiger partial charge is 0.165 e. The van der Waals surface area contributed by atoms with Gasteiger partial charge in [-0.25, -0.2) is 4.68 Å². The first-order chi connectivity index (χ1) is 8.56. The fourth-order valence-electron chi connectivity index (χ4n) is 3.01. The van der Waals surface area contributed by atoms with Gasteiger partial charge >= 0.3 is 0 Å². The van der Waals surface area contributed by atoms with E-state index in [1.54, 1.807) is 0 Å². The van der Waals surface area contributed by atoms with Crippen LogP contribution in [0, 0.1) is 11.8 Å². The zero-order valence-electron chi connectivity index (χ0n) is 11.9. The second-order valence-corrected chi connectivity index (χ2v) is 6.15. The van der Waals surface area contributed by atoms with Gasteiger partial charge in [-0.05, 0) is 41.5 Å². The summed E-state index contributed by atoms with van der Waals surface area (Å²) in [6.45, 7) is 9.69. The summed E-state index contributed by atoms with van der Waals surface area (Å²) in [7, 11) is 0. The highest BCUT2D eigenvalue weighted by molar-refractivity contribution is 4.87. The molecule has 0 saturated heterocycles. The van der Waals surface area contributed by atoms with Crippen LogP contribution in [0.5, 0.6) is 0 Å². The van der Waals surface area contributed by atoms with Crippen molar-refractivity contribution in [3.05, 3.63) is 5.82 Å². The third-order valence-electron chi connectivity index (χ3n) is 3.73. The minimum atomic E-state index is 0.458. The lowest BCUT2D eigenvalue weighted by molar-refractivity contribution is 0.203. The molecular weight excluding hydrogens is 226 g/mol. The molecule has 102 valence electrons. The average Bonchev–Trinajstić information content (AvgIpc) is 2.72. The van der Waals surface area contributed by atoms with E-state index in [4.69, 9.17) is 0 Å². The highest BCUT2D eigenvalue weighted by Gasteiger charge is 2.27. The molecule has 1 aliphatic carbocycles. The van der Waals surface area contributed by atoms with Crippen molar-refractivity contribution in [1.29, 1.82) is 0 Å². The molecule has 18 heavy (non-hydrogen) atoms. The van der Waals surface area contributed by atoms with Gasteiger partial charge in [-0.15, -0.1) is 5.10 Å². The predicted molar refractivity (Wildman–Crippen MR) is 71.0 cm³/mol. The van der Waals surface area contributed by atoms with Crippen molar-refractivity contribution >= 4 is 0 Å². The molecule has 0 aliphatic heterocycles. The summed E-state index contributed by atoms with van der Waals surface area (Å²) in [4.78, 5) is 0. The van der Waals surface area contributed by atoms with E-state index in [9.17, 15) is 0 Å². The van der Waals surface area contributed by atoms with Gasteiger partial charge in [0, 0.05) is 6.04 Å². The van der Waals surface area contributed by atoms with E-state index in [1.165, 1.54) is 19.3 Å². The van der Waals surface area contributed by atoms with Gasteiger partial charge in [-0.3, -0.25) is 0 Å². The molecule has 2 atom stereocenters. The topological polar surface area (TPSA) is 55.6 Å². The zero-order valence-corrected chi connectivity index (χ0v) is 11.9. The van der Waals surface area contributed by atoms with Gasteiger partial charge in [-0.1, -0.05) is 27.7 Å².